The Morgan fingerprint density at radius 1 is 1.22 bits per heavy atom. The largest absolute Gasteiger partial charge is 0.341 e. The number of imidazole rings is 1. The number of benzene rings is 1. The lowest BCUT2D eigenvalue weighted by molar-refractivity contribution is 0.756. The van der Waals surface area contributed by atoms with Crippen LogP contribution in [0.1, 0.15) is 18.8 Å². The third-order valence-corrected chi connectivity index (χ3v) is 3.00. The quantitative estimate of drug-likeness (QED) is 0.866. The van der Waals surface area contributed by atoms with Gasteiger partial charge in [-0.25, -0.2) is 4.98 Å². The van der Waals surface area contributed by atoms with Gasteiger partial charge in [0.1, 0.15) is 5.82 Å². The molecule has 18 heavy (non-hydrogen) atoms. The summed E-state index contributed by atoms with van der Waals surface area (Å²) in [6.45, 7) is 1.87. The lowest BCUT2D eigenvalue weighted by Crippen LogP contribution is -2.06. The molecule has 0 radical (unpaired) electrons. The SMILES string of the molecule is CC(N)c1ncc(-c2ccc(Cl)c(Cl)c2)[nH]1.Cl.Cl. The molecule has 1 aromatic heterocycles. The van der Waals surface area contributed by atoms with Crippen molar-refractivity contribution < 1.29 is 0 Å². The first-order valence-electron chi connectivity index (χ1n) is 4.84. The van der Waals surface area contributed by atoms with Crippen LogP contribution in [0.3, 0.4) is 0 Å². The minimum absolute atomic E-state index is 0. The van der Waals surface area contributed by atoms with Crippen LogP contribution in [-0.2, 0) is 0 Å². The number of halogens is 4. The van der Waals surface area contributed by atoms with Gasteiger partial charge in [-0.05, 0) is 19.1 Å². The highest BCUT2D eigenvalue weighted by atomic mass is 35.5. The predicted octanol–water partition coefficient (Wildman–Crippen LogP) is 4.25. The molecule has 0 aliphatic rings. The number of aromatic nitrogens is 2. The van der Waals surface area contributed by atoms with Gasteiger partial charge in [0.15, 0.2) is 0 Å². The Morgan fingerprint density at radius 3 is 2.39 bits per heavy atom. The zero-order chi connectivity index (χ0) is 11.7. The summed E-state index contributed by atoms with van der Waals surface area (Å²) in [7, 11) is 0. The first-order valence-corrected chi connectivity index (χ1v) is 5.59. The summed E-state index contributed by atoms with van der Waals surface area (Å²) in [4.78, 5) is 7.33. The summed E-state index contributed by atoms with van der Waals surface area (Å²) in [6.07, 6.45) is 1.73. The third kappa shape index (κ3) is 3.77. The number of nitrogens with one attached hydrogen (secondary N) is 1. The third-order valence-electron chi connectivity index (χ3n) is 2.26. The molecule has 3 N–H and O–H groups in total. The molecule has 0 bridgehead atoms. The summed E-state index contributed by atoms with van der Waals surface area (Å²) in [5.74, 6) is 0.751. The smallest absolute Gasteiger partial charge is 0.123 e. The maximum absolute atomic E-state index is 5.94. The molecule has 1 unspecified atom stereocenters. The van der Waals surface area contributed by atoms with Crippen molar-refractivity contribution in [3.63, 3.8) is 0 Å². The Bertz CT molecular complexity index is 511. The van der Waals surface area contributed by atoms with Gasteiger partial charge in [0.2, 0.25) is 0 Å². The molecular weight excluding hydrogens is 316 g/mol. The molecule has 1 heterocycles. The maximum Gasteiger partial charge on any atom is 0.123 e. The fourth-order valence-electron chi connectivity index (χ4n) is 1.38. The van der Waals surface area contributed by atoms with E-state index in [9.17, 15) is 0 Å². The van der Waals surface area contributed by atoms with Crippen LogP contribution in [0.2, 0.25) is 10.0 Å². The normalized spacial score (nSPS) is 11.3. The van der Waals surface area contributed by atoms with Crippen LogP contribution in [0, 0.1) is 0 Å². The van der Waals surface area contributed by atoms with Crippen molar-refractivity contribution >= 4 is 48.0 Å². The maximum atomic E-state index is 5.94. The van der Waals surface area contributed by atoms with E-state index in [4.69, 9.17) is 28.9 Å². The van der Waals surface area contributed by atoms with Gasteiger partial charge in [-0.2, -0.15) is 0 Å². The number of nitrogens with zero attached hydrogens (tertiary/aromatic N) is 1. The minimum atomic E-state index is -0.114. The van der Waals surface area contributed by atoms with Crippen molar-refractivity contribution in [2.75, 3.05) is 0 Å². The summed E-state index contributed by atoms with van der Waals surface area (Å²) in [5.41, 5.74) is 7.54. The molecule has 0 aliphatic heterocycles. The topological polar surface area (TPSA) is 54.7 Å². The number of hydrogen-bond donors (Lipinski definition) is 2. The number of hydrogen-bond acceptors (Lipinski definition) is 2. The van der Waals surface area contributed by atoms with Crippen molar-refractivity contribution in [1.82, 2.24) is 9.97 Å². The Labute approximate surface area is 128 Å². The van der Waals surface area contributed by atoms with E-state index in [1.807, 2.05) is 13.0 Å². The van der Waals surface area contributed by atoms with E-state index < -0.39 is 0 Å². The van der Waals surface area contributed by atoms with E-state index in [1.165, 1.54) is 0 Å². The van der Waals surface area contributed by atoms with Gasteiger partial charge >= 0.3 is 0 Å². The van der Waals surface area contributed by atoms with Crippen molar-refractivity contribution in [3.8, 4) is 11.3 Å². The average molecular weight is 329 g/mol. The highest BCUT2D eigenvalue weighted by Crippen LogP contribution is 2.27. The van der Waals surface area contributed by atoms with Gasteiger partial charge in [0.25, 0.3) is 0 Å². The lowest BCUT2D eigenvalue weighted by atomic mass is 10.2. The van der Waals surface area contributed by atoms with Crippen molar-refractivity contribution in [2.24, 2.45) is 5.73 Å². The highest BCUT2D eigenvalue weighted by Gasteiger charge is 2.07. The highest BCUT2D eigenvalue weighted by molar-refractivity contribution is 6.42. The van der Waals surface area contributed by atoms with E-state index in [0.29, 0.717) is 10.0 Å². The number of aromatic amines is 1. The molecule has 0 amide bonds. The zero-order valence-corrected chi connectivity index (χ0v) is 12.6. The van der Waals surface area contributed by atoms with E-state index in [-0.39, 0.29) is 30.9 Å². The van der Waals surface area contributed by atoms with Gasteiger partial charge in [-0.15, -0.1) is 24.8 Å². The number of rotatable bonds is 2. The summed E-state index contributed by atoms with van der Waals surface area (Å²) in [5, 5.41) is 1.06. The molecule has 2 rings (SSSR count). The first kappa shape index (κ1) is 17.6. The second-order valence-corrected chi connectivity index (χ2v) is 4.41. The molecule has 100 valence electrons. The van der Waals surface area contributed by atoms with Crippen LogP contribution in [0.5, 0.6) is 0 Å². The Hall–Kier alpha value is -0.450. The first-order chi connectivity index (χ1) is 7.58. The van der Waals surface area contributed by atoms with Crippen LogP contribution in [0.25, 0.3) is 11.3 Å². The molecule has 0 aliphatic carbocycles. The second-order valence-electron chi connectivity index (χ2n) is 3.60. The van der Waals surface area contributed by atoms with Crippen LogP contribution in [0.15, 0.2) is 24.4 Å². The lowest BCUT2D eigenvalue weighted by Gasteiger charge is -2.01. The van der Waals surface area contributed by atoms with Gasteiger partial charge in [0, 0.05) is 5.56 Å². The molecule has 7 heteroatoms. The standard InChI is InChI=1S/C11H11Cl2N3.2ClH/c1-6(14)11-15-5-10(16-11)7-2-3-8(12)9(13)4-7;;/h2-6H,14H2,1H3,(H,15,16);2*1H. The Morgan fingerprint density at radius 2 is 1.89 bits per heavy atom. The molecule has 0 saturated heterocycles. The number of H-pyrrole nitrogens is 1. The molecule has 1 atom stereocenters. The zero-order valence-electron chi connectivity index (χ0n) is 9.48. The summed E-state index contributed by atoms with van der Waals surface area (Å²) >= 11 is 11.8. The monoisotopic (exact) mass is 327 g/mol. The number of nitrogens with two attached hydrogens (primary N) is 1. The van der Waals surface area contributed by atoms with E-state index >= 15 is 0 Å². The molecular formula is C11H13Cl4N3. The van der Waals surface area contributed by atoms with Gasteiger partial charge in [-0.3, -0.25) is 0 Å². The summed E-state index contributed by atoms with van der Waals surface area (Å²) in [6, 6.07) is 5.32. The molecule has 3 nitrogen and oxygen atoms in total. The van der Waals surface area contributed by atoms with Crippen LogP contribution >= 0.6 is 48.0 Å². The van der Waals surface area contributed by atoms with Gasteiger partial charge in [-0.1, -0.05) is 29.3 Å². The molecule has 1 aromatic carbocycles. The Kier molecular flexibility index (Phi) is 7.04. The van der Waals surface area contributed by atoms with Crippen molar-refractivity contribution in [1.29, 1.82) is 0 Å². The molecule has 0 saturated carbocycles. The fourth-order valence-corrected chi connectivity index (χ4v) is 1.68. The predicted molar refractivity (Wildman–Crippen MR) is 81.1 cm³/mol. The molecule has 0 spiro atoms. The van der Waals surface area contributed by atoms with Crippen molar-refractivity contribution in [2.45, 2.75) is 13.0 Å². The second kappa shape index (κ2) is 7.22. The summed E-state index contributed by atoms with van der Waals surface area (Å²) < 4.78 is 0. The molecule has 2 aromatic rings. The fraction of sp³-hybridized carbons (Fsp3) is 0.182. The van der Waals surface area contributed by atoms with Crippen LogP contribution in [-0.4, -0.2) is 9.97 Å². The Balaban J connectivity index is 0.00000144. The van der Waals surface area contributed by atoms with Crippen LogP contribution in [0.4, 0.5) is 0 Å². The average Bonchev–Trinajstić information content (AvgIpc) is 2.71. The van der Waals surface area contributed by atoms with E-state index in [1.54, 1.807) is 18.3 Å². The van der Waals surface area contributed by atoms with Crippen LogP contribution < -0.4 is 5.73 Å². The van der Waals surface area contributed by atoms with E-state index in [2.05, 4.69) is 9.97 Å². The van der Waals surface area contributed by atoms with E-state index in [0.717, 1.165) is 17.1 Å². The van der Waals surface area contributed by atoms with Gasteiger partial charge < -0.3 is 10.7 Å². The molecule has 0 fully saturated rings. The van der Waals surface area contributed by atoms with Crippen molar-refractivity contribution in [3.05, 3.63) is 40.3 Å². The minimum Gasteiger partial charge on any atom is -0.341 e. The van der Waals surface area contributed by atoms with Gasteiger partial charge in [0.05, 0.1) is 28.0 Å².